The second kappa shape index (κ2) is 3.96. The lowest BCUT2D eigenvalue weighted by molar-refractivity contribution is -0.140. The second-order valence-corrected chi connectivity index (χ2v) is 4.15. The third-order valence-electron chi connectivity index (χ3n) is 2.94. The van der Waals surface area contributed by atoms with E-state index in [0.717, 1.165) is 12.1 Å². The molecule has 0 aromatic heterocycles. The van der Waals surface area contributed by atoms with Crippen LogP contribution < -0.4 is 5.32 Å². The normalized spacial score (nSPS) is 25.2. The third kappa shape index (κ3) is 2.28. The zero-order valence-electron chi connectivity index (χ0n) is 8.81. The molecule has 1 atom stereocenters. The van der Waals surface area contributed by atoms with Crippen molar-refractivity contribution in [3.8, 4) is 0 Å². The van der Waals surface area contributed by atoms with Crippen molar-refractivity contribution in [3.63, 3.8) is 0 Å². The van der Waals surface area contributed by atoms with E-state index in [9.17, 15) is 22.7 Å². The van der Waals surface area contributed by atoms with Crippen molar-refractivity contribution in [2.75, 3.05) is 13.1 Å². The summed E-state index contributed by atoms with van der Waals surface area (Å²) in [6, 6.07) is 2.55. The van der Waals surface area contributed by atoms with Gasteiger partial charge < -0.3 is 10.4 Å². The van der Waals surface area contributed by atoms with Gasteiger partial charge in [-0.3, -0.25) is 0 Å². The Labute approximate surface area is 95.3 Å². The smallest absolute Gasteiger partial charge is 0.384 e. The molecule has 94 valence electrons. The maximum absolute atomic E-state index is 13.3. The molecule has 6 heteroatoms. The fourth-order valence-corrected chi connectivity index (χ4v) is 1.96. The molecule has 1 unspecified atom stereocenters. The van der Waals surface area contributed by atoms with Gasteiger partial charge in [0.05, 0.1) is 5.56 Å². The first-order valence-electron chi connectivity index (χ1n) is 5.13. The maximum atomic E-state index is 13.3. The molecule has 0 amide bonds. The van der Waals surface area contributed by atoms with Crippen LogP contribution in [-0.4, -0.2) is 18.2 Å². The van der Waals surface area contributed by atoms with Gasteiger partial charge >= 0.3 is 6.18 Å². The van der Waals surface area contributed by atoms with Crippen molar-refractivity contribution in [3.05, 3.63) is 35.1 Å². The Balaban J connectivity index is 2.37. The number of β-amino-alcohol motifs (C(OH)–C–C–N with tert-alkyl or cyclic N) is 1. The topological polar surface area (TPSA) is 32.3 Å². The zero-order valence-corrected chi connectivity index (χ0v) is 8.81. The van der Waals surface area contributed by atoms with E-state index < -0.39 is 23.2 Å². The van der Waals surface area contributed by atoms with Gasteiger partial charge in [-0.1, -0.05) is 6.07 Å². The molecule has 0 radical (unpaired) electrons. The van der Waals surface area contributed by atoms with Gasteiger partial charge in [0, 0.05) is 6.54 Å². The van der Waals surface area contributed by atoms with Gasteiger partial charge in [-0.05, 0) is 30.7 Å². The summed E-state index contributed by atoms with van der Waals surface area (Å²) in [4.78, 5) is 0. The number of benzene rings is 1. The number of nitrogens with one attached hydrogen (secondary N) is 1. The van der Waals surface area contributed by atoms with E-state index in [1.54, 1.807) is 0 Å². The average molecular weight is 249 g/mol. The van der Waals surface area contributed by atoms with Crippen molar-refractivity contribution in [2.24, 2.45) is 0 Å². The molecule has 17 heavy (non-hydrogen) atoms. The predicted octanol–water partition coefficient (Wildman–Crippen LogP) is 2.03. The summed E-state index contributed by atoms with van der Waals surface area (Å²) in [5, 5.41) is 13.0. The van der Waals surface area contributed by atoms with Crippen molar-refractivity contribution in [1.29, 1.82) is 0 Å². The lowest BCUT2D eigenvalue weighted by atomic mass is 9.92. The van der Waals surface area contributed by atoms with Crippen LogP contribution in [0.3, 0.4) is 0 Å². The Morgan fingerprint density at radius 1 is 1.29 bits per heavy atom. The summed E-state index contributed by atoms with van der Waals surface area (Å²) in [6.45, 7) is 0.775. The fourth-order valence-electron chi connectivity index (χ4n) is 1.96. The lowest BCUT2D eigenvalue weighted by Gasteiger charge is -2.22. The van der Waals surface area contributed by atoms with Crippen LogP contribution >= 0.6 is 0 Å². The molecule has 1 aliphatic heterocycles. The molecule has 1 aliphatic rings. The quantitative estimate of drug-likeness (QED) is 0.746. The number of rotatable bonds is 1. The van der Waals surface area contributed by atoms with Gasteiger partial charge in [0.2, 0.25) is 0 Å². The molecule has 2 nitrogen and oxygen atoms in total. The van der Waals surface area contributed by atoms with Crippen molar-refractivity contribution >= 4 is 0 Å². The number of hydrogen-bond donors (Lipinski definition) is 2. The Kier molecular flexibility index (Phi) is 2.87. The van der Waals surface area contributed by atoms with Crippen LogP contribution in [0.5, 0.6) is 0 Å². The number of aliphatic hydroxyl groups is 1. The average Bonchev–Trinajstić information content (AvgIpc) is 2.64. The molecule has 2 N–H and O–H groups in total. The van der Waals surface area contributed by atoms with Gasteiger partial charge in [0.25, 0.3) is 0 Å². The van der Waals surface area contributed by atoms with Crippen LogP contribution in [0.2, 0.25) is 0 Å². The highest BCUT2D eigenvalue weighted by Crippen LogP contribution is 2.34. The number of alkyl halides is 3. The third-order valence-corrected chi connectivity index (χ3v) is 2.94. The summed E-state index contributed by atoms with van der Waals surface area (Å²) < 4.78 is 50.3. The summed E-state index contributed by atoms with van der Waals surface area (Å²) in [5.74, 6) is -1.35. The number of hydrogen-bond acceptors (Lipinski definition) is 2. The summed E-state index contributed by atoms with van der Waals surface area (Å²) in [6.07, 6.45) is -4.35. The minimum atomic E-state index is -4.71. The first kappa shape index (κ1) is 12.3. The van der Waals surface area contributed by atoms with E-state index in [4.69, 9.17) is 0 Å². The van der Waals surface area contributed by atoms with Crippen LogP contribution in [0.4, 0.5) is 17.6 Å². The van der Waals surface area contributed by atoms with Crippen LogP contribution in [0.25, 0.3) is 0 Å². The van der Waals surface area contributed by atoms with E-state index >= 15 is 0 Å². The molecule has 1 aromatic rings. The Hall–Kier alpha value is -1.14. The van der Waals surface area contributed by atoms with E-state index in [0.29, 0.717) is 19.0 Å². The van der Waals surface area contributed by atoms with E-state index in [1.807, 2.05) is 0 Å². The van der Waals surface area contributed by atoms with E-state index in [1.165, 1.54) is 0 Å². The summed E-state index contributed by atoms with van der Waals surface area (Å²) in [7, 11) is 0. The largest absolute Gasteiger partial charge is 0.419 e. The van der Waals surface area contributed by atoms with Crippen LogP contribution in [0, 0.1) is 5.82 Å². The second-order valence-electron chi connectivity index (χ2n) is 4.15. The molecule has 0 saturated carbocycles. The molecular formula is C11H11F4NO. The van der Waals surface area contributed by atoms with E-state index in [-0.39, 0.29) is 12.1 Å². The minimum Gasteiger partial charge on any atom is -0.384 e. The maximum Gasteiger partial charge on any atom is 0.419 e. The first-order valence-corrected chi connectivity index (χ1v) is 5.13. The SMILES string of the molecule is OC1(c2ccc(C(F)(F)F)c(F)c2)CCNC1. The molecule has 1 aromatic carbocycles. The van der Waals surface area contributed by atoms with Gasteiger partial charge in [-0.2, -0.15) is 13.2 Å². The van der Waals surface area contributed by atoms with Gasteiger partial charge in [-0.15, -0.1) is 0 Å². The Morgan fingerprint density at radius 3 is 2.47 bits per heavy atom. The molecule has 0 spiro atoms. The van der Waals surface area contributed by atoms with Crippen molar-refractivity contribution in [1.82, 2.24) is 5.32 Å². The van der Waals surface area contributed by atoms with Gasteiger partial charge in [0.15, 0.2) is 0 Å². The molecular weight excluding hydrogens is 238 g/mol. The highest BCUT2D eigenvalue weighted by molar-refractivity contribution is 5.31. The Bertz CT molecular complexity index is 424. The standard InChI is InChI=1S/C11H11F4NO/c12-9-5-7(10(17)3-4-16-6-10)1-2-8(9)11(13,14)15/h1-2,5,16-17H,3-4,6H2. The minimum absolute atomic E-state index is 0.174. The van der Waals surface area contributed by atoms with Crippen LogP contribution in [-0.2, 0) is 11.8 Å². The van der Waals surface area contributed by atoms with Crippen LogP contribution in [0.1, 0.15) is 17.5 Å². The fraction of sp³-hybridized carbons (Fsp3) is 0.455. The Morgan fingerprint density at radius 2 is 2.00 bits per heavy atom. The molecule has 0 bridgehead atoms. The molecule has 2 rings (SSSR count). The lowest BCUT2D eigenvalue weighted by Crippen LogP contribution is -2.28. The molecule has 0 aliphatic carbocycles. The highest BCUT2D eigenvalue weighted by Gasteiger charge is 2.37. The first-order chi connectivity index (χ1) is 7.83. The number of halogens is 4. The summed E-state index contributed by atoms with van der Waals surface area (Å²) >= 11 is 0. The van der Waals surface area contributed by atoms with Crippen molar-refractivity contribution < 1.29 is 22.7 Å². The molecule has 1 fully saturated rings. The predicted molar refractivity (Wildman–Crippen MR) is 52.8 cm³/mol. The van der Waals surface area contributed by atoms with Gasteiger partial charge in [0.1, 0.15) is 11.4 Å². The van der Waals surface area contributed by atoms with E-state index in [2.05, 4.69) is 5.32 Å². The summed E-state index contributed by atoms with van der Waals surface area (Å²) in [5.41, 5.74) is -2.41. The monoisotopic (exact) mass is 249 g/mol. The molecule has 1 saturated heterocycles. The van der Waals surface area contributed by atoms with Crippen molar-refractivity contribution in [2.45, 2.75) is 18.2 Å². The zero-order chi connectivity index (χ0) is 12.7. The highest BCUT2D eigenvalue weighted by atomic mass is 19.4. The van der Waals surface area contributed by atoms with Gasteiger partial charge in [-0.25, -0.2) is 4.39 Å². The van der Waals surface area contributed by atoms with Crippen LogP contribution in [0.15, 0.2) is 18.2 Å². The molecule has 1 heterocycles.